The van der Waals surface area contributed by atoms with E-state index in [0.717, 1.165) is 39.2 Å². The van der Waals surface area contributed by atoms with E-state index in [9.17, 15) is 22.4 Å². The van der Waals surface area contributed by atoms with E-state index in [1.807, 2.05) is 31.2 Å². The van der Waals surface area contributed by atoms with Crippen molar-refractivity contribution >= 4 is 54.2 Å². The van der Waals surface area contributed by atoms with Crippen molar-refractivity contribution in [3.8, 4) is 11.1 Å². The maximum absolute atomic E-state index is 13.2. The van der Waals surface area contributed by atoms with Gasteiger partial charge in [0.2, 0.25) is 15.9 Å². The number of ether oxygens (including phenoxy) is 1. The summed E-state index contributed by atoms with van der Waals surface area (Å²) in [6, 6.07) is 10.6. The van der Waals surface area contributed by atoms with Crippen LogP contribution in [-0.2, 0) is 26.0 Å². The highest BCUT2D eigenvalue weighted by Gasteiger charge is 2.29. The summed E-state index contributed by atoms with van der Waals surface area (Å²) in [5, 5.41) is 2.99. The summed E-state index contributed by atoms with van der Waals surface area (Å²) in [5.74, 6) is -1.82. The summed E-state index contributed by atoms with van der Waals surface area (Å²) in [6.07, 6.45) is 0.746. The van der Waals surface area contributed by atoms with E-state index in [1.165, 1.54) is 18.4 Å². The van der Waals surface area contributed by atoms with Crippen molar-refractivity contribution in [3.05, 3.63) is 69.3 Å². The number of thiophene rings is 1. The first kappa shape index (κ1) is 27.0. The molecule has 0 aliphatic carbocycles. The van der Waals surface area contributed by atoms with E-state index in [-0.39, 0.29) is 21.9 Å². The molecule has 186 valence electrons. The molecule has 0 fully saturated rings. The zero-order valence-corrected chi connectivity index (χ0v) is 22.4. The van der Waals surface area contributed by atoms with E-state index in [4.69, 9.17) is 4.74 Å². The van der Waals surface area contributed by atoms with E-state index < -0.39 is 33.8 Å². The highest BCUT2D eigenvalue weighted by Crippen LogP contribution is 2.41. The highest BCUT2D eigenvalue weighted by atomic mass is 79.9. The summed E-state index contributed by atoms with van der Waals surface area (Å²) in [4.78, 5) is 26.6. The molecule has 1 unspecified atom stereocenters. The number of amides is 1. The van der Waals surface area contributed by atoms with E-state index in [0.29, 0.717) is 12.0 Å². The molecule has 3 aromatic rings. The summed E-state index contributed by atoms with van der Waals surface area (Å²) in [5.41, 5.74) is 1.65. The Morgan fingerprint density at radius 1 is 1.09 bits per heavy atom. The van der Waals surface area contributed by atoms with Crippen LogP contribution in [-0.4, -0.2) is 33.4 Å². The normalized spacial score (nSPS) is 12.3. The standard InChI is InChI=1S/C24H24BrFN2O5S2/c1-4-18(28-35(31,32)17-12-10-16(26)11-13-17)22(29)27-23-21(24(30)33-3)20(19(5-2)34-23)14-6-8-15(25)9-7-14/h6-13,18,28H,4-5H2,1-3H3,(H,27,29). The van der Waals surface area contributed by atoms with Gasteiger partial charge in [-0.1, -0.05) is 41.9 Å². The van der Waals surface area contributed by atoms with Gasteiger partial charge < -0.3 is 10.1 Å². The second-order valence-corrected chi connectivity index (χ2v) is 11.2. The Labute approximate surface area is 215 Å². The van der Waals surface area contributed by atoms with E-state index >= 15 is 0 Å². The van der Waals surface area contributed by atoms with Crippen LogP contribution in [0.2, 0.25) is 0 Å². The molecule has 1 aromatic heterocycles. The van der Waals surface area contributed by atoms with Gasteiger partial charge in [0.05, 0.1) is 12.0 Å². The van der Waals surface area contributed by atoms with Crippen molar-refractivity contribution < 1.29 is 27.1 Å². The third-order valence-electron chi connectivity index (χ3n) is 5.21. The number of methoxy groups -OCH3 is 1. The predicted molar refractivity (Wildman–Crippen MR) is 138 cm³/mol. The lowest BCUT2D eigenvalue weighted by Crippen LogP contribution is -2.43. The van der Waals surface area contributed by atoms with Crippen LogP contribution in [0, 0.1) is 5.82 Å². The quantitative estimate of drug-likeness (QED) is 0.331. The van der Waals surface area contributed by atoms with Crippen LogP contribution in [0.5, 0.6) is 0 Å². The molecule has 1 amide bonds. The van der Waals surface area contributed by atoms with E-state index in [1.54, 1.807) is 6.92 Å². The number of nitrogens with one attached hydrogen (secondary N) is 2. The topological polar surface area (TPSA) is 102 Å². The summed E-state index contributed by atoms with van der Waals surface area (Å²) >= 11 is 4.64. The summed E-state index contributed by atoms with van der Waals surface area (Å²) < 4.78 is 46.9. The monoisotopic (exact) mass is 582 g/mol. The van der Waals surface area contributed by atoms with Crippen LogP contribution in [0.1, 0.15) is 35.5 Å². The van der Waals surface area contributed by atoms with E-state index in [2.05, 4.69) is 26.0 Å². The molecule has 0 aliphatic rings. The molecule has 1 atom stereocenters. The average Bonchev–Trinajstić information content (AvgIpc) is 3.20. The Hall–Kier alpha value is -2.60. The van der Waals surface area contributed by atoms with Crippen LogP contribution >= 0.6 is 27.3 Å². The molecule has 35 heavy (non-hydrogen) atoms. The number of hydrogen-bond donors (Lipinski definition) is 2. The number of hydrogen-bond acceptors (Lipinski definition) is 6. The lowest BCUT2D eigenvalue weighted by atomic mass is 10.00. The van der Waals surface area contributed by atoms with Gasteiger partial charge in [0, 0.05) is 14.9 Å². The number of halogens is 2. The van der Waals surface area contributed by atoms with Gasteiger partial charge in [-0.3, -0.25) is 4.79 Å². The van der Waals surface area contributed by atoms with Crippen molar-refractivity contribution in [2.24, 2.45) is 0 Å². The van der Waals surface area contributed by atoms with Crippen molar-refractivity contribution in [2.75, 3.05) is 12.4 Å². The molecule has 2 N–H and O–H groups in total. The number of anilines is 1. The van der Waals surface area contributed by atoms with Gasteiger partial charge >= 0.3 is 5.97 Å². The summed E-state index contributed by atoms with van der Waals surface area (Å²) in [6.45, 7) is 3.59. The fraction of sp³-hybridized carbons (Fsp3) is 0.250. The molecule has 7 nitrogen and oxygen atoms in total. The third kappa shape index (κ3) is 6.16. The number of benzene rings is 2. The Morgan fingerprint density at radius 3 is 2.26 bits per heavy atom. The van der Waals surface area contributed by atoms with Gasteiger partial charge in [-0.25, -0.2) is 17.6 Å². The SMILES string of the molecule is CCc1sc(NC(=O)C(CC)NS(=O)(=O)c2ccc(F)cc2)c(C(=O)OC)c1-c1ccc(Br)cc1. The van der Waals surface area contributed by atoms with Crippen LogP contribution in [0.3, 0.4) is 0 Å². The highest BCUT2D eigenvalue weighted by molar-refractivity contribution is 9.10. The Kier molecular flexibility index (Phi) is 8.81. The molecular formula is C24H24BrFN2O5S2. The Bertz CT molecular complexity index is 1320. The number of sulfonamides is 1. The number of rotatable bonds is 9. The Balaban J connectivity index is 1.95. The maximum Gasteiger partial charge on any atom is 0.341 e. The Morgan fingerprint density at radius 2 is 1.71 bits per heavy atom. The molecule has 2 aromatic carbocycles. The third-order valence-corrected chi connectivity index (χ3v) is 8.47. The minimum absolute atomic E-state index is 0.144. The average molecular weight is 584 g/mol. The fourth-order valence-electron chi connectivity index (χ4n) is 3.42. The number of carbonyl (C=O) groups is 2. The molecule has 0 aliphatic heterocycles. The molecule has 0 saturated heterocycles. The van der Waals surface area contributed by atoms with Gasteiger partial charge in [0.1, 0.15) is 22.4 Å². The minimum Gasteiger partial charge on any atom is -0.465 e. The van der Waals surface area contributed by atoms with Crippen LogP contribution in [0.25, 0.3) is 11.1 Å². The first-order valence-corrected chi connectivity index (χ1v) is 13.8. The molecule has 1 heterocycles. The molecule has 0 bridgehead atoms. The van der Waals surface area contributed by atoms with Crippen molar-refractivity contribution in [1.29, 1.82) is 0 Å². The fourth-order valence-corrected chi connectivity index (χ4v) is 6.12. The lowest BCUT2D eigenvalue weighted by Gasteiger charge is -2.17. The first-order valence-electron chi connectivity index (χ1n) is 10.7. The predicted octanol–water partition coefficient (Wildman–Crippen LogP) is 5.36. The van der Waals surface area contributed by atoms with Crippen LogP contribution in [0.4, 0.5) is 9.39 Å². The van der Waals surface area contributed by atoms with Gasteiger partial charge in [-0.15, -0.1) is 11.3 Å². The van der Waals surface area contributed by atoms with Crippen LogP contribution in [0.15, 0.2) is 57.9 Å². The van der Waals surface area contributed by atoms with Gasteiger partial charge in [0.25, 0.3) is 0 Å². The van der Waals surface area contributed by atoms with Crippen LogP contribution < -0.4 is 10.0 Å². The molecule has 0 spiro atoms. The zero-order valence-electron chi connectivity index (χ0n) is 19.2. The second-order valence-electron chi connectivity index (χ2n) is 7.48. The largest absolute Gasteiger partial charge is 0.465 e. The van der Waals surface area contributed by atoms with Gasteiger partial charge in [-0.05, 0) is 54.8 Å². The maximum atomic E-state index is 13.2. The van der Waals surface area contributed by atoms with Crippen molar-refractivity contribution in [1.82, 2.24) is 4.72 Å². The first-order chi connectivity index (χ1) is 16.6. The smallest absolute Gasteiger partial charge is 0.341 e. The van der Waals surface area contributed by atoms with Crippen molar-refractivity contribution in [2.45, 2.75) is 37.6 Å². The number of carbonyl (C=O) groups excluding carboxylic acids is 2. The second kappa shape index (κ2) is 11.4. The van der Waals surface area contributed by atoms with Crippen molar-refractivity contribution in [3.63, 3.8) is 0 Å². The zero-order chi connectivity index (χ0) is 25.8. The molecule has 0 radical (unpaired) electrons. The summed E-state index contributed by atoms with van der Waals surface area (Å²) in [7, 11) is -2.82. The van der Waals surface area contributed by atoms with Gasteiger partial charge in [0.15, 0.2) is 0 Å². The minimum atomic E-state index is -4.08. The molecule has 11 heteroatoms. The number of esters is 1. The van der Waals surface area contributed by atoms with Gasteiger partial charge in [-0.2, -0.15) is 4.72 Å². The molecule has 3 rings (SSSR count). The lowest BCUT2D eigenvalue weighted by molar-refractivity contribution is -0.117. The molecular weight excluding hydrogens is 559 g/mol. The molecule has 0 saturated carbocycles. The number of aryl methyl sites for hydroxylation is 1.